The second-order valence-corrected chi connectivity index (χ2v) is 9.41. The van der Waals surface area contributed by atoms with Crippen LogP contribution in [0, 0.1) is 29.1 Å². The number of amides is 2. The first kappa shape index (κ1) is 19.8. The molecule has 0 aromatic heterocycles. The van der Waals surface area contributed by atoms with Crippen LogP contribution in [0.2, 0.25) is 0 Å². The van der Waals surface area contributed by atoms with Crippen molar-refractivity contribution in [1.82, 2.24) is 10.2 Å². The van der Waals surface area contributed by atoms with Gasteiger partial charge < -0.3 is 10.2 Å². The van der Waals surface area contributed by atoms with Crippen LogP contribution in [0.3, 0.4) is 0 Å². The van der Waals surface area contributed by atoms with E-state index >= 15 is 0 Å². The quantitative estimate of drug-likeness (QED) is 0.807. The van der Waals surface area contributed by atoms with Gasteiger partial charge in [0.2, 0.25) is 5.91 Å². The summed E-state index contributed by atoms with van der Waals surface area (Å²) in [6.07, 6.45) is 5.09. The fraction of sp³-hybridized carbons (Fsp3) is 0.423. The smallest absolute Gasteiger partial charge is 0.254 e. The van der Waals surface area contributed by atoms with Crippen molar-refractivity contribution < 1.29 is 9.59 Å². The molecule has 2 aliphatic carbocycles. The van der Waals surface area contributed by atoms with Crippen molar-refractivity contribution in [2.45, 2.75) is 44.7 Å². The summed E-state index contributed by atoms with van der Waals surface area (Å²) < 4.78 is 0. The molecule has 31 heavy (non-hydrogen) atoms. The molecule has 5 nitrogen and oxygen atoms in total. The lowest BCUT2D eigenvalue weighted by atomic mass is 9.88. The summed E-state index contributed by atoms with van der Waals surface area (Å²) in [6.45, 7) is 0.664. The third kappa shape index (κ3) is 3.72. The molecule has 2 fully saturated rings. The van der Waals surface area contributed by atoms with Gasteiger partial charge in [0, 0.05) is 31.5 Å². The van der Waals surface area contributed by atoms with Crippen LogP contribution in [0.25, 0.3) is 11.1 Å². The highest BCUT2D eigenvalue weighted by atomic mass is 16.2. The monoisotopic (exact) mass is 413 g/mol. The fourth-order valence-electron chi connectivity index (χ4n) is 5.67. The van der Waals surface area contributed by atoms with Crippen LogP contribution >= 0.6 is 0 Å². The number of benzene rings is 2. The van der Waals surface area contributed by atoms with Gasteiger partial charge in [-0.1, -0.05) is 42.8 Å². The third-order valence-electron chi connectivity index (χ3n) is 7.37. The molecule has 0 radical (unpaired) electrons. The molecule has 5 heteroatoms. The van der Waals surface area contributed by atoms with E-state index < -0.39 is 6.04 Å². The summed E-state index contributed by atoms with van der Waals surface area (Å²) in [5.74, 6) is 1.45. The molecule has 1 heterocycles. The Labute approximate surface area is 183 Å². The summed E-state index contributed by atoms with van der Waals surface area (Å²) in [5.41, 5.74) is 4.90. The van der Waals surface area contributed by atoms with E-state index in [1.807, 2.05) is 49.5 Å². The number of nitrogens with zero attached hydrogens (tertiary/aromatic N) is 2. The van der Waals surface area contributed by atoms with E-state index in [0.29, 0.717) is 24.8 Å². The van der Waals surface area contributed by atoms with Crippen LogP contribution in [0.4, 0.5) is 0 Å². The molecule has 3 aliphatic rings. The number of nitriles is 1. The fourth-order valence-corrected chi connectivity index (χ4v) is 5.67. The number of hydrogen-bond donors (Lipinski definition) is 1. The lowest BCUT2D eigenvalue weighted by molar-refractivity contribution is -0.126. The summed E-state index contributed by atoms with van der Waals surface area (Å²) >= 11 is 0. The number of hydrogen-bond acceptors (Lipinski definition) is 3. The van der Waals surface area contributed by atoms with Gasteiger partial charge in [-0.15, -0.1) is 0 Å². The minimum Gasteiger partial charge on any atom is -0.340 e. The zero-order valence-corrected chi connectivity index (χ0v) is 17.8. The normalized spacial score (nSPS) is 24.7. The predicted molar refractivity (Wildman–Crippen MR) is 118 cm³/mol. The number of carbonyl (C=O) groups excluding carboxylic acids is 2. The van der Waals surface area contributed by atoms with Gasteiger partial charge >= 0.3 is 0 Å². The molecule has 4 atom stereocenters. The van der Waals surface area contributed by atoms with Gasteiger partial charge in [-0.25, -0.2) is 0 Å². The van der Waals surface area contributed by atoms with Crippen molar-refractivity contribution in [3.63, 3.8) is 0 Å². The largest absolute Gasteiger partial charge is 0.340 e. The van der Waals surface area contributed by atoms with E-state index in [1.165, 1.54) is 12.8 Å². The Hall–Kier alpha value is -3.13. The average Bonchev–Trinajstić information content (AvgIpc) is 3.49. The van der Waals surface area contributed by atoms with Gasteiger partial charge in [-0.2, -0.15) is 5.26 Å². The van der Waals surface area contributed by atoms with Gasteiger partial charge in [0.1, 0.15) is 6.04 Å². The maximum Gasteiger partial charge on any atom is 0.254 e. The van der Waals surface area contributed by atoms with Crippen LogP contribution < -0.4 is 5.32 Å². The van der Waals surface area contributed by atoms with Crippen LogP contribution in [0.1, 0.15) is 47.2 Å². The van der Waals surface area contributed by atoms with Crippen molar-refractivity contribution in [3.05, 3.63) is 59.2 Å². The maximum atomic E-state index is 12.7. The molecule has 2 amide bonds. The maximum absolute atomic E-state index is 12.7. The molecule has 1 N–H and O–H groups in total. The molecular formula is C26H27N3O2. The van der Waals surface area contributed by atoms with Crippen molar-refractivity contribution >= 4 is 11.8 Å². The Morgan fingerprint density at radius 2 is 1.94 bits per heavy atom. The molecule has 0 unspecified atom stereocenters. The van der Waals surface area contributed by atoms with Gasteiger partial charge in [-0.3, -0.25) is 9.59 Å². The highest BCUT2D eigenvalue weighted by molar-refractivity contribution is 5.99. The van der Waals surface area contributed by atoms with E-state index in [2.05, 4.69) is 11.4 Å². The van der Waals surface area contributed by atoms with E-state index in [9.17, 15) is 14.9 Å². The molecular weight excluding hydrogens is 386 g/mol. The number of rotatable bonds is 5. The molecule has 0 saturated heterocycles. The van der Waals surface area contributed by atoms with Crippen LogP contribution in [0.5, 0.6) is 0 Å². The minimum atomic E-state index is -0.509. The predicted octanol–water partition coefficient (Wildman–Crippen LogP) is 3.93. The first-order valence-corrected chi connectivity index (χ1v) is 11.2. The molecule has 158 valence electrons. The number of nitrogens with one attached hydrogen (secondary N) is 1. The van der Waals surface area contributed by atoms with Crippen molar-refractivity contribution in [1.29, 1.82) is 5.26 Å². The molecule has 1 aliphatic heterocycles. The standard InChI is InChI=1S/C26H27N3O2/c1-29-15-21-9-8-19(13-24(21)26(29)31)18-5-2-16(3-6-18)11-22(14-27)28-25(30)23-12-17-4-7-20(23)10-17/h2-3,5-6,8-9,13,17,20,22-23H,4,7,10-12,15H2,1H3,(H,28,30)/t17-,20+,22+,23+/m1/s1. The van der Waals surface area contributed by atoms with Crippen LogP contribution in [0.15, 0.2) is 42.5 Å². The van der Waals surface area contributed by atoms with Gasteiger partial charge in [0.05, 0.1) is 6.07 Å². The molecule has 0 spiro atoms. The zero-order valence-electron chi connectivity index (χ0n) is 17.8. The van der Waals surface area contributed by atoms with Gasteiger partial charge in [0.25, 0.3) is 5.91 Å². The molecule has 5 rings (SSSR count). The Morgan fingerprint density at radius 1 is 1.16 bits per heavy atom. The second kappa shape index (κ2) is 7.85. The zero-order chi connectivity index (χ0) is 21.5. The van der Waals surface area contributed by atoms with E-state index in [1.54, 1.807) is 4.90 Å². The van der Waals surface area contributed by atoms with Crippen molar-refractivity contribution in [2.75, 3.05) is 7.05 Å². The van der Waals surface area contributed by atoms with Gasteiger partial charge in [0.15, 0.2) is 0 Å². The molecule has 2 aromatic carbocycles. The summed E-state index contributed by atoms with van der Waals surface area (Å²) in [7, 11) is 1.82. The van der Waals surface area contributed by atoms with E-state index in [0.717, 1.165) is 40.7 Å². The lowest BCUT2D eigenvalue weighted by Crippen LogP contribution is -2.40. The molecule has 2 bridgehead atoms. The minimum absolute atomic E-state index is 0.0585. The highest BCUT2D eigenvalue weighted by Crippen LogP contribution is 2.48. The Morgan fingerprint density at radius 3 is 2.61 bits per heavy atom. The Balaban J connectivity index is 1.24. The summed E-state index contributed by atoms with van der Waals surface area (Å²) in [5, 5.41) is 12.6. The number of fused-ring (bicyclic) bond motifs is 3. The Bertz CT molecular complexity index is 1070. The topological polar surface area (TPSA) is 73.2 Å². The van der Waals surface area contributed by atoms with Crippen molar-refractivity contribution in [2.24, 2.45) is 17.8 Å². The van der Waals surface area contributed by atoms with Crippen molar-refractivity contribution in [3.8, 4) is 17.2 Å². The first-order valence-electron chi connectivity index (χ1n) is 11.2. The first-order chi connectivity index (χ1) is 15.0. The molecule has 2 saturated carbocycles. The van der Waals surface area contributed by atoms with Crippen LogP contribution in [-0.2, 0) is 17.8 Å². The number of carbonyl (C=O) groups is 2. The second-order valence-electron chi connectivity index (χ2n) is 9.41. The van der Waals surface area contributed by atoms with Gasteiger partial charge in [-0.05, 0) is 59.4 Å². The van der Waals surface area contributed by atoms with E-state index in [-0.39, 0.29) is 17.7 Å². The SMILES string of the molecule is CN1Cc2ccc(-c3ccc(C[C@@H](C#N)NC(=O)[C@H]4C[C@@H]5CC[C@H]4C5)cc3)cc2C1=O. The third-order valence-corrected chi connectivity index (χ3v) is 7.37. The van der Waals surface area contributed by atoms with Crippen LogP contribution in [-0.4, -0.2) is 29.8 Å². The average molecular weight is 414 g/mol. The Kier molecular flexibility index (Phi) is 5.02. The highest BCUT2D eigenvalue weighted by Gasteiger charge is 2.43. The summed E-state index contributed by atoms with van der Waals surface area (Å²) in [6, 6.07) is 15.8. The lowest BCUT2D eigenvalue weighted by Gasteiger charge is -2.22. The van der Waals surface area contributed by atoms with E-state index in [4.69, 9.17) is 0 Å². The molecule has 2 aromatic rings. The summed E-state index contributed by atoms with van der Waals surface area (Å²) in [4.78, 5) is 26.7.